The highest BCUT2D eigenvalue weighted by atomic mass is 35.5. The van der Waals surface area contributed by atoms with Gasteiger partial charge in [0, 0.05) is 10.9 Å². The lowest BCUT2D eigenvalue weighted by Crippen LogP contribution is -2.17. The second kappa shape index (κ2) is 3.98. The average molecular weight is 276 g/mol. The summed E-state index contributed by atoms with van der Waals surface area (Å²) in [5.41, 5.74) is 5.43. The first-order chi connectivity index (χ1) is 7.43. The Balaban J connectivity index is 2.28. The van der Waals surface area contributed by atoms with Crippen LogP contribution in [0.3, 0.4) is 0 Å². The molecule has 0 amide bonds. The van der Waals surface area contributed by atoms with Crippen LogP contribution in [0.1, 0.15) is 6.42 Å². The lowest BCUT2D eigenvalue weighted by atomic mass is 10.4. The van der Waals surface area contributed by atoms with E-state index in [0.717, 1.165) is 0 Å². The molecule has 0 aliphatic heterocycles. The van der Waals surface area contributed by atoms with Gasteiger partial charge in [0.2, 0.25) is 0 Å². The van der Waals surface area contributed by atoms with E-state index >= 15 is 0 Å². The van der Waals surface area contributed by atoms with Crippen LogP contribution >= 0.6 is 23.8 Å². The fourth-order valence-electron chi connectivity index (χ4n) is 1.61. The molecule has 86 valence electrons. The van der Waals surface area contributed by atoms with Gasteiger partial charge >= 0.3 is 0 Å². The minimum atomic E-state index is -3.30. The summed E-state index contributed by atoms with van der Waals surface area (Å²) in [6, 6.07) is 6.14. The Bertz CT molecular complexity index is 524. The van der Waals surface area contributed by atoms with Gasteiger partial charge in [0.05, 0.1) is 15.1 Å². The van der Waals surface area contributed by atoms with E-state index in [-0.39, 0.29) is 15.8 Å². The number of thiocarbonyl (C=S) groups is 1. The van der Waals surface area contributed by atoms with Crippen LogP contribution in [0.15, 0.2) is 29.2 Å². The fourth-order valence-corrected chi connectivity index (χ4v) is 3.99. The molecule has 0 bridgehead atoms. The molecule has 0 spiro atoms. The molecule has 2 rings (SSSR count). The van der Waals surface area contributed by atoms with E-state index in [1.807, 2.05) is 0 Å². The van der Waals surface area contributed by atoms with Crippen molar-refractivity contribution in [1.29, 1.82) is 0 Å². The van der Waals surface area contributed by atoms with Crippen molar-refractivity contribution in [2.45, 2.75) is 16.6 Å². The largest absolute Gasteiger partial charge is 0.393 e. The van der Waals surface area contributed by atoms with Crippen LogP contribution in [0.2, 0.25) is 5.02 Å². The molecule has 16 heavy (non-hydrogen) atoms. The molecule has 0 unspecified atom stereocenters. The summed E-state index contributed by atoms with van der Waals surface area (Å²) in [4.78, 5) is 0.559. The van der Waals surface area contributed by atoms with Gasteiger partial charge in [-0.3, -0.25) is 0 Å². The van der Waals surface area contributed by atoms with Gasteiger partial charge in [-0.2, -0.15) is 0 Å². The van der Waals surface area contributed by atoms with Crippen LogP contribution < -0.4 is 5.73 Å². The Kier molecular flexibility index (Phi) is 2.94. The van der Waals surface area contributed by atoms with E-state index in [4.69, 9.17) is 29.6 Å². The van der Waals surface area contributed by atoms with Gasteiger partial charge in [0.25, 0.3) is 0 Å². The van der Waals surface area contributed by atoms with Crippen LogP contribution in [0, 0.1) is 5.92 Å². The lowest BCUT2D eigenvalue weighted by molar-refractivity contribution is 0.594. The fraction of sp³-hybridized carbons (Fsp3) is 0.300. The summed E-state index contributed by atoms with van der Waals surface area (Å²) in [5.74, 6) is -0.171. The summed E-state index contributed by atoms with van der Waals surface area (Å²) < 4.78 is 24.1. The van der Waals surface area contributed by atoms with Crippen molar-refractivity contribution in [2.75, 3.05) is 0 Å². The van der Waals surface area contributed by atoms with Gasteiger partial charge in [-0.05, 0) is 30.7 Å². The number of rotatable bonds is 3. The highest BCUT2D eigenvalue weighted by Gasteiger charge is 2.49. The molecular formula is C10H10ClNO2S2. The molecule has 1 fully saturated rings. The molecule has 1 aliphatic rings. The van der Waals surface area contributed by atoms with Gasteiger partial charge in [-0.25, -0.2) is 8.42 Å². The predicted octanol–water partition coefficient (Wildman–Crippen LogP) is 1.79. The number of hydrogen-bond donors (Lipinski definition) is 1. The van der Waals surface area contributed by atoms with Crippen molar-refractivity contribution in [2.24, 2.45) is 11.7 Å². The Labute approximate surface area is 105 Å². The van der Waals surface area contributed by atoms with Crippen molar-refractivity contribution in [3.8, 4) is 0 Å². The molecule has 0 radical (unpaired) electrons. The van der Waals surface area contributed by atoms with E-state index in [0.29, 0.717) is 11.4 Å². The van der Waals surface area contributed by atoms with Crippen molar-refractivity contribution < 1.29 is 8.42 Å². The first kappa shape index (κ1) is 11.8. The monoisotopic (exact) mass is 275 g/mol. The summed E-state index contributed by atoms with van der Waals surface area (Å²) in [7, 11) is -3.30. The van der Waals surface area contributed by atoms with Crippen molar-refractivity contribution >= 4 is 38.6 Å². The standard InChI is InChI=1S/C10H10ClNO2S2/c11-6-1-3-7(4-2-6)16(13,14)9-5-8(9)10(12)15/h1-4,8-9H,5H2,(H2,12,15)/t8-,9-/m0/s1. The molecule has 2 atom stereocenters. The molecule has 1 aromatic rings. The average Bonchev–Trinajstić information content (AvgIpc) is 2.98. The molecule has 6 heteroatoms. The normalized spacial score (nSPS) is 24.1. The maximum absolute atomic E-state index is 12.1. The minimum absolute atomic E-state index is 0.171. The number of hydrogen-bond acceptors (Lipinski definition) is 3. The second-order valence-corrected chi connectivity index (χ2v) is 6.86. The molecule has 1 saturated carbocycles. The van der Waals surface area contributed by atoms with Gasteiger partial charge < -0.3 is 5.73 Å². The topological polar surface area (TPSA) is 60.2 Å². The molecule has 0 aromatic heterocycles. The molecular weight excluding hydrogens is 266 g/mol. The Morgan fingerprint density at radius 3 is 2.38 bits per heavy atom. The van der Waals surface area contributed by atoms with Crippen molar-refractivity contribution in [3.05, 3.63) is 29.3 Å². The van der Waals surface area contributed by atoms with E-state index in [9.17, 15) is 8.42 Å². The summed E-state index contributed by atoms with van der Waals surface area (Å²) in [6.45, 7) is 0. The maximum atomic E-state index is 12.1. The molecule has 0 heterocycles. The summed E-state index contributed by atoms with van der Waals surface area (Å²) >= 11 is 10.5. The van der Waals surface area contributed by atoms with Crippen LogP contribution in [0.25, 0.3) is 0 Å². The van der Waals surface area contributed by atoms with Gasteiger partial charge in [-0.15, -0.1) is 0 Å². The number of benzene rings is 1. The smallest absolute Gasteiger partial charge is 0.181 e. The van der Waals surface area contributed by atoms with Crippen molar-refractivity contribution in [1.82, 2.24) is 0 Å². The predicted molar refractivity (Wildman–Crippen MR) is 67.3 cm³/mol. The van der Waals surface area contributed by atoms with Gasteiger partial charge in [0.15, 0.2) is 9.84 Å². The zero-order chi connectivity index (χ0) is 11.9. The summed E-state index contributed by atoms with van der Waals surface area (Å²) in [5, 5.41) is 0.0619. The van der Waals surface area contributed by atoms with Crippen LogP contribution in [-0.2, 0) is 9.84 Å². The highest BCUT2D eigenvalue weighted by molar-refractivity contribution is 7.92. The van der Waals surface area contributed by atoms with Crippen LogP contribution in [-0.4, -0.2) is 18.7 Å². The van der Waals surface area contributed by atoms with E-state index in [1.165, 1.54) is 12.1 Å². The quantitative estimate of drug-likeness (QED) is 0.855. The van der Waals surface area contributed by atoms with Gasteiger partial charge in [0.1, 0.15) is 0 Å². The molecule has 3 nitrogen and oxygen atoms in total. The summed E-state index contributed by atoms with van der Waals surface area (Å²) in [6.07, 6.45) is 0.528. The van der Waals surface area contributed by atoms with E-state index in [1.54, 1.807) is 12.1 Å². The van der Waals surface area contributed by atoms with Crippen LogP contribution in [0.5, 0.6) is 0 Å². The Hall–Kier alpha value is -0.650. The zero-order valence-electron chi connectivity index (χ0n) is 8.26. The minimum Gasteiger partial charge on any atom is -0.393 e. The number of nitrogens with two attached hydrogens (primary N) is 1. The van der Waals surface area contributed by atoms with E-state index in [2.05, 4.69) is 0 Å². The second-order valence-electron chi connectivity index (χ2n) is 3.78. The number of sulfone groups is 1. The van der Waals surface area contributed by atoms with Crippen LogP contribution in [0.4, 0.5) is 0 Å². The van der Waals surface area contributed by atoms with Crippen molar-refractivity contribution in [3.63, 3.8) is 0 Å². The van der Waals surface area contributed by atoms with E-state index < -0.39 is 15.1 Å². The highest BCUT2D eigenvalue weighted by Crippen LogP contribution is 2.40. The molecule has 0 saturated heterocycles. The van der Waals surface area contributed by atoms with Gasteiger partial charge in [-0.1, -0.05) is 23.8 Å². The Morgan fingerprint density at radius 1 is 1.38 bits per heavy atom. The number of halogens is 1. The third kappa shape index (κ3) is 2.07. The third-order valence-electron chi connectivity index (χ3n) is 2.64. The molecule has 1 aliphatic carbocycles. The molecule has 2 N–H and O–H groups in total. The maximum Gasteiger partial charge on any atom is 0.181 e. The SMILES string of the molecule is NC(=S)[C@H]1C[C@@H]1S(=O)(=O)c1ccc(Cl)cc1. The lowest BCUT2D eigenvalue weighted by Gasteiger charge is -2.03. The Morgan fingerprint density at radius 2 is 1.94 bits per heavy atom. The first-order valence-electron chi connectivity index (χ1n) is 4.71. The third-order valence-corrected chi connectivity index (χ3v) is 5.44. The first-order valence-corrected chi connectivity index (χ1v) is 7.05. The zero-order valence-corrected chi connectivity index (χ0v) is 10.6. The molecule has 1 aromatic carbocycles.